The Balaban J connectivity index is 0.000000286. The van der Waals surface area contributed by atoms with Crippen molar-refractivity contribution in [3.05, 3.63) is 71.8 Å². The van der Waals surface area contributed by atoms with E-state index in [0.717, 1.165) is 29.7 Å². The maximum atomic E-state index is 12.6. The topological polar surface area (TPSA) is 91.3 Å². The Bertz CT molecular complexity index is 1010. The molecule has 1 saturated carbocycles. The molecule has 33 heavy (non-hydrogen) atoms. The molecule has 2 fully saturated rings. The van der Waals surface area contributed by atoms with Crippen molar-refractivity contribution in [2.45, 2.75) is 51.7 Å². The van der Waals surface area contributed by atoms with E-state index in [1.54, 1.807) is 0 Å². The molecule has 0 amide bonds. The van der Waals surface area contributed by atoms with Crippen LogP contribution >= 0.6 is 0 Å². The molecule has 4 rings (SSSR count). The van der Waals surface area contributed by atoms with Gasteiger partial charge in [0.1, 0.15) is 6.10 Å². The minimum absolute atomic E-state index is 0.166. The van der Waals surface area contributed by atoms with E-state index in [4.69, 9.17) is 9.73 Å². The zero-order valence-corrected chi connectivity index (χ0v) is 20.1. The lowest BCUT2D eigenvalue weighted by atomic mass is 10.0. The van der Waals surface area contributed by atoms with Gasteiger partial charge >= 0.3 is 16.4 Å². The smallest absolute Gasteiger partial charge is 0.400 e. The van der Waals surface area contributed by atoms with Crippen molar-refractivity contribution in [3.63, 3.8) is 0 Å². The summed E-state index contributed by atoms with van der Waals surface area (Å²) in [4.78, 5) is 17.5. The summed E-state index contributed by atoms with van der Waals surface area (Å²) in [5, 5.41) is 0. The van der Waals surface area contributed by atoms with E-state index >= 15 is 0 Å². The highest BCUT2D eigenvalue weighted by Crippen LogP contribution is 2.50. The van der Waals surface area contributed by atoms with E-state index in [9.17, 15) is 13.2 Å². The molecule has 0 N–H and O–H groups in total. The molecule has 2 aromatic rings. The number of hydrogen-bond acceptors (Lipinski definition) is 7. The van der Waals surface area contributed by atoms with Crippen LogP contribution in [0.4, 0.5) is 0 Å². The second-order valence-electron chi connectivity index (χ2n) is 7.97. The van der Waals surface area contributed by atoms with Gasteiger partial charge in [-0.3, -0.25) is 4.99 Å². The first kappa shape index (κ1) is 25.1. The summed E-state index contributed by atoms with van der Waals surface area (Å²) in [5.41, 5.74) is 2.19. The van der Waals surface area contributed by atoms with Gasteiger partial charge in [-0.05, 0) is 25.7 Å². The molecular formula is C25H31NO6S. The zero-order chi connectivity index (χ0) is 23.9. The molecule has 0 spiro atoms. The van der Waals surface area contributed by atoms with Crippen LogP contribution < -0.4 is 0 Å². The number of benzene rings is 2. The van der Waals surface area contributed by atoms with Gasteiger partial charge in [-0.1, -0.05) is 80.9 Å². The molecule has 3 atom stereocenters. The van der Waals surface area contributed by atoms with Crippen LogP contribution in [0.1, 0.15) is 51.2 Å². The van der Waals surface area contributed by atoms with E-state index in [2.05, 4.69) is 15.3 Å². The molecule has 1 unspecified atom stereocenters. The molecule has 0 bridgehead atoms. The third kappa shape index (κ3) is 6.28. The molecular weight excluding hydrogens is 442 g/mol. The summed E-state index contributed by atoms with van der Waals surface area (Å²) in [6.45, 7) is 6.34. The molecule has 1 aliphatic carbocycles. The van der Waals surface area contributed by atoms with Gasteiger partial charge in [0.05, 0.1) is 18.9 Å². The zero-order valence-electron chi connectivity index (χ0n) is 19.3. The fraction of sp³-hybridized carbons (Fsp3) is 0.440. The van der Waals surface area contributed by atoms with Crippen LogP contribution in [0, 0.1) is 5.92 Å². The number of carbonyl (C=O) groups excluding carboxylic acids is 1. The first-order valence-electron chi connectivity index (χ1n) is 11.3. The van der Waals surface area contributed by atoms with Gasteiger partial charge in [0.25, 0.3) is 0 Å². The third-order valence-corrected chi connectivity index (χ3v) is 6.64. The van der Waals surface area contributed by atoms with Crippen LogP contribution in [0.2, 0.25) is 0 Å². The fourth-order valence-corrected chi connectivity index (χ4v) is 4.64. The largest absolute Gasteiger partial charge is 0.464 e. The summed E-state index contributed by atoms with van der Waals surface area (Å²) in [6, 6.07) is 20.1. The van der Waals surface area contributed by atoms with Crippen LogP contribution in [0.25, 0.3) is 0 Å². The Labute approximate surface area is 196 Å². The predicted octanol–water partition coefficient (Wildman–Crippen LogP) is 4.31. The third-order valence-electron chi connectivity index (χ3n) is 5.71. The fourth-order valence-electron chi connectivity index (χ4n) is 3.74. The SMILES string of the molecule is CCC1COS(=O)(=O)O1.CCOC(=O)[C@@]1(N=C(c2ccccc2)c2ccccc2)C[C@@H]1CC. The van der Waals surface area contributed by atoms with Gasteiger partial charge in [-0.25, -0.2) is 13.2 Å². The van der Waals surface area contributed by atoms with E-state index < -0.39 is 15.9 Å². The summed E-state index contributed by atoms with van der Waals surface area (Å²) in [5.74, 6) is 0.0696. The van der Waals surface area contributed by atoms with Gasteiger partial charge in [0.15, 0.2) is 5.54 Å². The van der Waals surface area contributed by atoms with Gasteiger partial charge in [0, 0.05) is 11.1 Å². The summed E-state index contributed by atoms with van der Waals surface area (Å²) < 4.78 is 34.8. The van der Waals surface area contributed by atoms with Gasteiger partial charge in [0.2, 0.25) is 0 Å². The van der Waals surface area contributed by atoms with Crippen molar-refractivity contribution in [2.24, 2.45) is 10.9 Å². The van der Waals surface area contributed by atoms with Crippen molar-refractivity contribution in [1.82, 2.24) is 0 Å². The Kier molecular flexibility index (Phi) is 8.40. The Morgan fingerprint density at radius 2 is 1.58 bits per heavy atom. The van der Waals surface area contributed by atoms with Crippen molar-refractivity contribution in [1.29, 1.82) is 0 Å². The minimum Gasteiger partial charge on any atom is -0.464 e. The number of rotatable bonds is 7. The lowest BCUT2D eigenvalue weighted by molar-refractivity contribution is -0.146. The first-order valence-corrected chi connectivity index (χ1v) is 12.6. The molecule has 1 heterocycles. The van der Waals surface area contributed by atoms with Crippen LogP contribution in [0.3, 0.4) is 0 Å². The molecule has 1 aliphatic heterocycles. The maximum Gasteiger partial charge on any atom is 0.400 e. The van der Waals surface area contributed by atoms with E-state index in [-0.39, 0.29) is 24.6 Å². The highest BCUT2D eigenvalue weighted by Gasteiger charge is 2.61. The van der Waals surface area contributed by atoms with Crippen molar-refractivity contribution < 1.29 is 26.3 Å². The highest BCUT2D eigenvalue weighted by atomic mass is 32.3. The molecule has 2 aliphatic rings. The van der Waals surface area contributed by atoms with Gasteiger partial charge < -0.3 is 4.74 Å². The van der Waals surface area contributed by atoms with Gasteiger partial charge in [-0.15, -0.1) is 0 Å². The number of esters is 1. The predicted molar refractivity (Wildman–Crippen MR) is 126 cm³/mol. The van der Waals surface area contributed by atoms with E-state index in [0.29, 0.717) is 13.0 Å². The first-order chi connectivity index (χ1) is 15.8. The lowest BCUT2D eigenvalue weighted by Gasteiger charge is -2.15. The average Bonchev–Trinajstić information content (AvgIpc) is 3.45. The van der Waals surface area contributed by atoms with Crippen LogP contribution in [0.5, 0.6) is 0 Å². The molecule has 1 saturated heterocycles. The average molecular weight is 474 g/mol. The molecule has 0 aromatic heterocycles. The van der Waals surface area contributed by atoms with E-state index in [1.807, 2.05) is 74.5 Å². The number of aliphatic imine (C=N–C) groups is 1. The summed E-state index contributed by atoms with van der Waals surface area (Å²) >= 11 is 0. The van der Waals surface area contributed by atoms with Crippen LogP contribution in [-0.4, -0.2) is 45.0 Å². The normalized spacial score (nSPS) is 24.8. The Morgan fingerprint density at radius 1 is 1.00 bits per heavy atom. The molecule has 178 valence electrons. The van der Waals surface area contributed by atoms with E-state index in [1.165, 1.54) is 0 Å². The second kappa shape index (κ2) is 11.0. The Hall–Kier alpha value is -2.55. The van der Waals surface area contributed by atoms with Gasteiger partial charge in [-0.2, -0.15) is 8.42 Å². The van der Waals surface area contributed by atoms with Crippen LogP contribution in [0.15, 0.2) is 65.7 Å². The molecule has 8 heteroatoms. The Morgan fingerprint density at radius 3 is 1.94 bits per heavy atom. The number of carbonyl (C=O) groups is 1. The molecule has 0 radical (unpaired) electrons. The number of ether oxygens (including phenoxy) is 1. The summed E-state index contributed by atoms with van der Waals surface area (Å²) in [7, 11) is -3.61. The van der Waals surface area contributed by atoms with Crippen molar-refractivity contribution >= 4 is 22.1 Å². The summed E-state index contributed by atoms with van der Waals surface area (Å²) in [6.07, 6.45) is 2.10. The highest BCUT2D eigenvalue weighted by molar-refractivity contribution is 7.82. The maximum absolute atomic E-state index is 12.6. The molecule has 7 nitrogen and oxygen atoms in total. The quantitative estimate of drug-likeness (QED) is 0.440. The lowest BCUT2D eigenvalue weighted by Crippen LogP contribution is -2.28. The van der Waals surface area contributed by atoms with Crippen molar-refractivity contribution in [2.75, 3.05) is 13.2 Å². The monoisotopic (exact) mass is 473 g/mol. The number of hydrogen-bond donors (Lipinski definition) is 0. The number of nitrogens with zero attached hydrogens (tertiary/aromatic N) is 1. The van der Waals surface area contributed by atoms with Crippen molar-refractivity contribution in [3.8, 4) is 0 Å². The van der Waals surface area contributed by atoms with Crippen LogP contribution in [-0.2, 0) is 28.3 Å². The standard InChI is InChI=1S/C21H23NO2.C4H8O4S/c1-3-18-15-21(18,20(23)24-4-2)22-19(16-11-7-5-8-12-16)17-13-9-6-10-14-17;1-2-4-3-7-9(5,6)8-4/h5-14,18H,3-4,15H2,1-2H3;4H,2-3H2,1H3/t18-,21+;/m0./s1. The minimum atomic E-state index is -3.61. The molecule has 2 aromatic carbocycles. The second-order valence-corrected chi connectivity index (χ2v) is 9.21.